The largest absolute Gasteiger partial charge is 0.502 e. The van der Waals surface area contributed by atoms with Crippen LogP contribution in [-0.2, 0) is 12.8 Å². The Bertz CT molecular complexity index is 625. The molecule has 118 valence electrons. The van der Waals surface area contributed by atoms with Crippen LogP contribution in [0.25, 0.3) is 0 Å². The molecular weight excluding hydrogens is 280 g/mol. The molecule has 4 heteroatoms. The number of aromatic hydroxyl groups is 1. The number of hydrogen-bond donors (Lipinski definition) is 1. The molecule has 0 unspecified atom stereocenters. The summed E-state index contributed by atoms with van der Waals surface area (Å²) in [5.74, 6) is 1.79. The fourth-order valence-electron chi connectivity index (χ4n) is 2.40. The monoisotopic (exact) mass is 302 g/mol. The number of phenolic OH excluding ortho intramolecular Hbond substituents is 1. The molecule has 2 aromatic carbocycles. The maximum absolute atomic E-state index is 9.93. The van der Waals surface area contributed by atoms with Crippen molar-refractivity contribution >= 4 is 0 Å². The zero-order chi connectivity index (χ0) is 16.1. The van der Waals surface area contributed by atoms with Gasteiger partial charge in [0.15, 0.2) is 11.5 Å². The fourth-order valence-corrected chi connectivity index (χ4v) is 2.40. The van der Waals surface area contributed by atoms with Gasteiger partial charge in [0, 0.05) is 0 Å². The molecule has 0 aliphatic rings. The van der Waals surface area contributed by atoms with Gasteiger partial charge in [-0.1, -0.05) is 12.1 Å². The van der Waals surface area contributed by atoms with Gasteiger partial charge in [-0.25, -0.2) is 0 Å². The lowest BCUT2D eigenvalue weighted by atomic mass is 10.0. The van der Waals surface area contributed by atoms with Gasteiger partial charge in [-0.05, 0) is 54.7 Å². The Balaban J connectivity index is 2.17. The van der Waals surface area contributed by atoms with Crippen molar-refractivity contribution in [2.45, 2.75) is 19.8 Å². The highest BCUT2D eigenvalue weighted by Crippen LogP contribution is 2.37. The van der Waals surface area contributed by atoms with E-state index >= 15 is 0 Å². The number of rotatable bonds is 6. The van der Waals surface area contributed by atoms with E-state index in [0.717, 1.165) is 29.7 Å². The summed E-state index contributed by atoms with van der Waals surface area (Å²) in [6.45, 7) is 2.03. The van der Waals surface area contributed by atoms with Gasteiger partial charge < -0.3 is 19.3 Å². The molecule has 0 aromatic heterocycles. The third kappa shape index (κ3) is 3.45. The summed E-state index contributed by atoms with van der Waals surface area (Å²) < 4.78 is 15.7. The van der Waals surface area contributed by atoms with Gasteiger partial charge in [0.05, 0.1) is 21.3 Å². The minimum atomic E-state index is 0.0331. The predicted octanol–water partition coefficient (Wildman–Crippen LogP) is 3.51. The van der Waals surface area contributed by atoms with Crippen LogP contribution in [-0.4, -0.2) is 26.4 Å². The average molecular weight is 302 g/mol. The zero-order valence-electron chi connectivity index (χ0n) is 13.5. The maximum Gasteiger partial charge on any atom is 0.200 e. The second-order valence-corrected chi connectivity index (χ2v) is 5.15. The van der Waals surface area contributed by atoms with Gasteiger partial charge in [0.1, 0.15) is 5.75 Å². The van der Waals surface area contributed by atoms with Gasteiger partial charge in [-0.3, -0.25) is 0 Å². The SMILES string of the molecule is COc1cc(CCc2cc(OC)c(O)c(OC)c2)ccc1C. The Labute approximate surface area is 131 Å². The molecule has 0 radical (unpaired) electrons. The van der Waals surface area contributed by atoms with Crippen LogP contribution in [0.1, 0.15) is 16.7 Å². The lowest BCUT2D eigenvalue weighted by Crippen LogP contribution is -1.96. The second kappa shape index (κ2) is 7.07. The Morgan fingerprint density at radius 1 is 0.773 bits per heavy atom. The van der Waals surface area contributed by atoms with Crippen molar-refractivity contribution < 1.29 is 19.3 Å². The minimum Gasteiger partial charge on any atom is -0.502 e. The molecule has 0 amide bonds. The number of benzene rings is 2. The molecule has 22 heavy (non-hydrogen) atoms. The van der Waals surface area contributed by atoms with Crippen molar-refractivity contribution in [3.63, 3.8) is 0 Å². The van der Waals surface area contributed by atoms with Crippen LogP contribution in [0.3, 0.4) is 0 Å². The Morgan fingerprint density at radius 2 is 1.27 bits per heavy atom. The third-order valence-electron chi connectivity index (χ3n) is 3.71. The fraction of sp³-hybridized carbons (Fsp3) is 0.333. The van der Waals surface area contributed by atoms with Crippen molar-refractivity contribution in [1.82, 2.24) is 0 Å². The highest BCUT2D eigenvalue weighted by molar-refractivity contribution is 5.53. The summed E-state index contributed by atoms with van der Waals surface area (Å²) in [6, 6.07) is 9.90. The number of aryl methyl sites for hydroxylation is 3. The van der Waals surface area contributed by atoms with Gasteiger partial charge in [-0.15, -0.1) is 0 Å². The van der Waals surface area contributed by atoms with Crippen molar-refractivity contribution in [2.24, 2.45) is 0 Å². The molecule has 0 fully saturated rings. The van der Waals surface area contributed by atoms with E-state index in [2.05, 4.69) is 18.2 Å². The highest BCUT2D eigenvalue weighted by Gasteiger charge is 2.11. The van der Waals surface area contributed by atoms with Crippen LogP contribution in [0.4, 0.5) is 0 Å². The van der Waals surface area contributed by atoms with Crippen LogP contribution in [0.5, 0.6) is 23.0 Å². The summed E-state index contributed by atoms with van der Waals surface area (Å²) in [7, 11) is 4.74. The lowest BCUT2D eigenvalue weighted by Gasteiger charge is -2.12. The molecule has 0 aliphatic carbocycles. The minimum absolute atomic E-state index is 0.0331. The van der Waals surface area contributed by atoms with E-state index in [4.69, 9.17) is 14.2 Å². The van der Waals surface area contributed by atoms with Gasteiger partial charge >= 0.3 is 0 Å². The molecule has 2 aromatic rings. The topological polar surface area (TPSA) is 47.9 Å². The number of ether oxygens (including phenoxy) is 3. The van der Waals surface area contributed by atoms with E-state index in [9.17, 15) is 5.11 Å². The molecule has 2 rings (SSSR count). The van der Waals surface area contributed by atoms with Gasteiger partial charge in [0.2, 0.25) is 5.75 Å². The van der Waals surface area contributed by atoms with Gasteiger partial charge in [0.25, 0.3) is 0 Å². The molecular formula is C18H22O4. The average Bonchev–Trinajstić information content (AvgIpc) is 2.54. The first-order chi connectivity index (χ1) is 10.6. The zero-order valence-corrected chi connectivity index (χ0v) is 13.5. The van der Waals surface area contributed by atoms with Crippen LogP contribution >= 0.6 is 0 Å². The molecule has 1 N–H and O–H groups in total. The number of methoxy groups -OCH3 is 3. The van der Waals surface area contributed by atoms with Crippen LogP contribution in [0.15, 0.2) is 30.3 Å². The Morgan fingerprint density at radius 3 is 1.82 bits per heavy atom. The van der Waals surface area contributed by atoms with E-state index in [0.29, 0.717) is 11.5 Å². The highest BCUT2D eigenvalue weighted by atomic mass is 16.5. The van der Waals surface area contributed by atoms with Crippen molar-refractivity contribution in [2.75, 3.05) is 21.3 Å². The summed E-state index contributed by atoms with van der Waals surface area (Å²) in [6.07, 6.45) is 1.69. The lowest BCUT2D eigenvalue weighted by molar-refractivity contribution is 0.339. The molecule has 0 bridgehead atoms. The molecule has 0 saturated heterocycles. The molecule has 0 spiro atoms. The van der Waals surface area contributed by atoms with E-state index in [1.807, 2.05) is 19.1 Å². The predicted molar refractivity (Wildman–Crippen MR) is 86.3 cm³/mol. The Kier molecular flexibility index (Phi) is 5.15. The second-order valence-electron chi connectivity index (χ2n) is 5.15. The first-order valence-electron chi connectivity index (χ1n) is 7.16. The van der Waals surface area contributed by atoms with Crippen molar-refractivity contribution in [3.8, 4) is 23.0 Å². The maximum atomic E-state index is 9.93. The third-order valence-corrected chi connectivity index (χ3v) is 3.71. The van der Waals surface area contributed by atoms with E-state index in [1.165, 1.54) is 19.8 Å². The molecule has 0 heterocycles. The van der Waals surface area contributed by atoms with Gasteiger partial charge in [-0.2, -0.15) is 0 Å². The Hall–Kier alpha value is -2.36. The summed E-state index contributed by atoms with van der Waals surface area (Å²) in [5, 5.41) is 9.93. The standard InChI is InChI=1S/C18H22O4/c1-12-5-6-13(9-15(12)20-2)7-8-14-10-16(21-3)18(19)17(11-14)22-4/h5-6,9-11,19H,7-8H2,1-4H3. The van der Waals surface area contributed by atoms with Crippen LogP contribution < -0.4 is 14.2 Å². The summed E-state index contributed by atoms with van der Waals surface area (Å²) in [4.78, 5) is 0. The number of phenols is 1. The van der Waals surface area contributed by atoms with E-state index in [-0.39, 0.29) is 5.75 Å². The first-order valence-corrected chi connectivity index (χ1v) is 7.16. The normalized spacial score (nSPS) is 10.4. The van der Waals surface area contributed by atoms with Crippen LogP contribution in [0, 0.1) is 6.92 Å². The van der Waals surface area contributed by atoms with Crippen molar-refractivity contribution in [1.29, 1.82) is 0 Å². The molecule has 0 saturated carbocycles. The van der Waals surface area contributed by atoms with Crippen molar-refractivity contribution in [3.05, 3.63) is 47.0 Å². The van der Waals surface area contributed by atoms with E-state index in [1.54, 1.807) is 7.11 Å². The van der Waals surface area contributed by atoms with Crippen LogP contribution in [0.2, 0.25) is 0 Å². The quantitative estimate of drug-likeness (QED) is 0.887. The molecule has 4 nitrogen and oxygen atoms in total. The summed E-state index contributed by atoms with van der Waals surface area (Å²) >= 11 is 0. The smallest absolute Gasteiger partial charge is 0.200 e. The molecule has 0 atom stereocenters. The first kappa shape index (κ1) is 16.0. The van der Waals surface area contributed by atoms with E-state index < -0.39 is 0 Å². The molecule has 0 aliphatic heterocycles. The summed E-state index contributed by atoms with van der Waals surface area (Å²) in [5.41, 5.74) is 3.37. The number of hydrogen-bond acceptors (Lipinski definition) is 4.